The average Bonchev–Trinajstić information content (AvgIpc) is 2.58. The SMILES string of the molecule is CCN(CC)Cc1cccc(CNc2nc(C)cc(C)c2C#N)c1. The molecule has 2 aromatic rings. The van der Waals surface area contributed by atoms with Crippen LogP contribution in [0.5, 0.6) is 0 Å². The van der Waals surface area contributed by atoms with Crippen LogP contribution in [-0.2, 0) is 13.1 Å². The number of hydrogen-bond donors (Lipinski definition) is 1. The van der Waals surface area contributed by atoms with Crippen LogP contribution in [0.1, 0.15) is 41.8 Å². The standard InChI is InChI=1S/C20H26N4/c1-5-24(6-2)14-18-9-7-8-17(11-18)13-22-20-19(12-21)15(3)10-16(4)23-20/h7-11H,5-6,13-14H2,1-4H3,(H,22,23). The monoisotopic (exact) mass is 322 g/mol. The molecule has 0 unspecified atom stereocenters. The summed E-state index contributed by atoms with van der Waals surface area (Å²) in [6.07, 6.45) is 0. The minimum atomic E-state index is 0.625. The molecule has 4 heteroatoms. The third-order valence-electron chi connectivity index (χ3n) is 4.21. The van der Waals surface area contributed by atoms with Crippen LogP contribution in [0.4, 0.5) is 5.82 Å². The van der Waals surface area contributed by atoms with Crippen LogP contribution < -0.4 is 5.32 Å². The molecule has 0 fully saturated rings. The molecule has 0 saturated carbocycles. The Morgan fingerprint density at radius 3 is 2.50 bits per heavy atom. The summed E-state index contributed by atoms with van der Waals surface area (Å²) in [5, 5.41) is 12.7. The first-order chi connectivity index (χ1) is 11.6. The maximum atomic E-state index is 9.35. The van der Waals surface area contributed by atoms with Gasteiger partial charge >= 0.3 is 0 Å². The van der Waals surface area contributed by atoms with Gasteiger partial charge in [0.2, 0.25) is 0 Å². The number of rotatable bonds is 7. The van der Waals surface area contributed by atoms with Crippen molar-refractivity contribution >= 4 is 5.82 Å². The molecule has 0 aliphatic heterocycles. The van der Waals surface area contributed by atoms with Crippen molar-refractivity contribution in [1.82, 2.24) is 9.88 Å². The predicted octanol–water partition coefficient (Wildman–Crippen LogP) is 4.02. The number of pyridine rings is 1. The molecule has 24 heavy (non-hydrogen) atoms. The van der Waals surface area contributed by atoms with Crippen molar-refractivity contribution < 1.29 is 0 Å². The Bertz CT molecular complexity index is 727. The predicted molar refractivity (Wildman–Crippen MR) is 98.8 cm³/mol. The van der Waals surface area contributed by atoms with Gasteiger partial charge in [0.25, 0.3) is 0 Å². The zero-order valence-electron chi connectivity index (χ0n) is 15.1. The second kappa shape index (κ2) is 8.47. The van der Waals surface area contributed by atoms with Gasteiger partial charge < -0.3 is 5.32 Å². The van der Waals surface area contributed by atoms with E-state index in [1.54, 1.807) is 0 Å². The number of nitrogens with one attached hydrogen (secondary N) is 1. The van der Waals surface area contributed by atoms with Crippen LogP contribution >= 0.6 is 0 Å². The van der Waals surface area contributed by atoms with E-state index in [2.05, 4.69) is 59.4 Å². The zero-order chi connectivity index (χ0) is 17.5. The van der Waals surface area contributed by atoms with Gasteiger partial charge in [-0.25, -0.2) is 4.98 Å². The molecular formula is C20H26N4. The number of aromatic nitrogens is 1. The first-order valence-electron chi connectivity index (χ1n) is 8.49. The Kier molecular flexibility index (Phi) is 6.34. The van der Waals surface area contributed by atoms with E-state index in [0.29, 0.717) is 17.9 Å². The highest BCUT2D eigenvalue weighted by molar-refractivity contribution is 5.56. The molecule has 0 aliphatic carbocycles. The second-order valence-corrected chi connectivity index (χ2v) is 6.05. The van der Waals surface area contributed by atoms with E-state index in [4.69, 9.17) is 0 Å². The smallest absolute Gasteiger partial charge is 0.144 e. The molecule has 1 heterocycles. The van der Waals surface area contributed by atoms with Crippen molar-refractivity contribution in [1.29, 1.82) is 5.26 Å². The van der Waals surface area contributed by atoms with Gasteiger partial charge in [0, 0.05) is 18.8 Å². The van der Waals surface area contributed by atoms with Crippen molar-refractivity contribution in [3.05, 3.63) is 58.3 Å². The molecule has 0 spiro atoms. The van der Waals surface area contributed by atoms with Crippen LogP contribution in [-0.4, -0.2) is 23.0 Å². The minimum absolute atomic E-state index is 0.625. The van der Waals surface area contributed by atoms with E-state index in [1.165, 1.54) is 11.1 Å². The van der Waals surface area contributed by atoms with Crippen LogP contribution in [0.2, 0.25) is 0 Å². The van der Waals surface area contributed by atoms with Gasteiger partial charge in [-0.05, 0) is 49.7 Å². The van der Waals surface area contributed by atoms with E-state index in [0.717, 1.165) is 30.9 Å². The highest BCUT2D eigenvalue weighted by Crippen LogP contribution is 2.18. The maximum Gasteiger partial charge on any atom is 0.144 e. The lowest BCUT2D eigenvalue weighted by Crippen LogP contribution is -2.22. The zero-order valence-corrected chi connectivity index (χ0v) is 15.1. The molecule has 2 rings (SSSR count). The summed E-state index contributed by atoms with van der Waals surface area (Å²) in [7, 11) is 0. The van der Waals surface area contributed by atoms with Crippen molar-refractivity contribution in [3.8, 4) is 6.07 Å². The Morgan fingerprint density at radius 2 is 1.83 bits per heavy atom. The Labute approximate surface area is 145 Å². The Morgan fingerprint density at radius 1 is 1.12 bits per heavy atom. The molecule has 1 aromatic carbocycles. The summed E-state index contributed by atoms with van der Waals surface area (Å²) in [5.74, 6) is 0.671. The average molecular weight is 322 g/mol. The number of nitriles is 1. The number of aryl methyl sites for hydroxylation is 2. The van der Waals surface area contributed by atoms with E-state index in [9.17, 15) is 5.26 Å². The third kappa shape index (κ3) is 4.56. The summed E-state index contributed by atoms with van der Waals surface area (Å²) in [5.41, 5.74) is 5.02. The van der Waals surface area contributed by atoms with Crippen LogP contribution in [0.3, 0.4) is 0 Å². The summed E-state index contributed by atoms with van der Waals surface area (Å²) in [4.78, 5) is 6.87. The number of benzene rings is 1. The van der Waals surface area contributed by atoms with E-state index < -0.39 is 0 Å². The molecular weight excluding hydrogens is 296 g/mol. The van der Waals surface area contributed by atoms with Gasteiger partial charge in [0.15, 0.2) is 0 Å². The van der Waals surface area contributed by atoms with E-state index in [-0.39, 0.29) is 0 Å². The lowest BCUT2D eigenvalue weighted by Gasteiger charge is -2.18. The molecule has 1 N–H and O–H groups in total. The first-order valence-corrected chi connectivity index (χ1v) is 8.49. The molecule has 0 aliphatic rings. The molecule has 0 bridgehead atoms. The number of anilines is 1. The number of nitrogens with zero attached hydrogens (tertiary/aromatic N) is 3. The third-order valence-corrected chi connectivity index (χ3v) is 4.21. The van der Waals surface area contributed by atoms with Crippen LogP contribution in [0.15, 0.2) is 30.3 Å². The second-order valence-electron chi connectivity index (χ2n) is 6.05. The highest BCUT2D eigenvalue weighted by atomic mass is 15.1. The summed E-state index contributed by atoms with van der Waals surface area (Å²) >= 11 is 0. The summed E-state index contributed by atoms with van der Waals surface area (Å²) in [6.45, 7) is 12.0. The lowest BCUT2D eigenvalue weighted by molar-refractivity contribution is 0.296. The van der Waals surface area contributed by atoms with Gasteiger partial charge in [0.05, 0.1) is 5.56 Å². The van der Waals surface area contributed by atoms with Crippen molar-refractivity contribution in [2.24, 2.45) is 0 Å². The largest absolute Gasteiger partial charge is 0.365 e. The number of hydrogen-bond acceptors (Lipinski definition) is 4. The fraction of sp³-hybridized carbons (Fsp3) is 0.400. The highest BCUT2D eigenvalue weighted by Gasteiger charge is 2.08. The summed E-state index contributed by atoms with van der Waals surface area (Å²) in [6, 6.07) is 12.8. The molecule has 4 nitrogen and oxygen atoms in total. The van der Waals surface area contributed by atoms with Crippen LogP contribution in [0, 0.1) is 25.2 Å². The first kappa shape index (κ1) is 18.0. The van der Waals surface area contributed by atoms with Gasteiger partial charge in [-0.15, -0.1) is 0 Å². The van der Waals surface area contributed by atoms with Gasteiger partial charge in [-0.2, -0.15) is 5.26 Å². The van der Waals surface area contributed by atoms with Crippen molar-refractivity contribution in [3.63, 3.8) is 0 Å². The van der Waals surface area contributed by atoms with Crippen LogP contribution in [0.25, 0.3) is 0 Å². The van der Waals surface area contributed by atoms with Crippen molar-refractivity contribution in [2.45, 2.75) is 40.8 Å². The quantitative estimate of drug-likeness (QED) is 0.836. The topological polar surface area (TPSA) is 52.0 Å². The fourth-order valence-corrected chi connectivity index (χ4v) is 2.84. The Hall–Kier alpha value is -2.38. The van der Waals surface area contributed by atoms with Gasteiger partial charge in [0.1, 0.15) is 11.9 Å². The molecule has 1 aromatic heterocycles. The van der Waals surface area contributed by atoms with Gasteiger partial charge in [-0.3, -0.25) is 4.90 Å². The van der Waals surface area contributed by atoms with Crippen molar-refractivity contribution in [2.75, 3.05) is 18.4 Å². The molecule has 0 saturated heterocycles. The Balaban J connectivity index is 2.12. The molecule has 0 atom stereocenters. The molecule has 126 valence electrons. The molecule has 0 amide bonds. The molecule has 0 radical (unpaired) electrons. The lowest BCUT2D eigenvalue weighted by atomic mass is 10.1. The fourth-order valence-electron chi connectivity index (χ4n) is 2.84. The summed E-state index contributed by atoms with van der Waals surface area (Å²) < 4.78 is 0. The minimum Gasteiger partial charge on any atom is -0.365 e. The van der Waals surface area contributed by atoms with E-state index in [1.807, 2.05) is 19.9 Å². The maximum absolute atomic E-state index is 9.35. The van der Waals surface area contributed by atoms with E-state index >= 15 is 0 Å². The van der Waals surface area contributed by atoms with Gasteiger partial charge in [-0.1, -0.05) is 38.1 Å². The normalized spacial score (nSPS) is 10.7.